The summed E-state index contributed by atoms with van der Waals surface area (Å²) in [5.41, 5.74) is 19.3. The predicted molar refractivity (Wildman–Crippen MR) is 432 cm³/mol. The largest absolute Gasteiger partial charge is 0.508 e. The van der Waals surface area contributed by atoms with Gasteiger partial charge in [0.1, 0.15) is 78.3 Å². The number of nitrogens with two attached hydrogens (primary N) is 3. The van der Waals surface area contributed by atoms with Crippen LogP contribution in [0.1, 0.15) is 140 Å². The summed E-state index contributed by atoms with van der Waals surface area (Å²) >= 11 is 0. The molecule has 3 aromatic carbocycles. The number of amides is 14. The highest BCUT2D eigenvalue weighted by Gasteiger charge is 2.41. The molecule has 1 saturated heterocycles. The number of aliphatic hydroxyl groups excluding tert-OH is 2. The SMILES string of the molecule is CCCC[C@H](NC(=O)[C@H](CO)NC(=O)[C@H](Cc1ccc(O)cc1)NC(=O)[C@H](CO)NC(C)=O)C(=O)N[C@@H](CCC(=O)O)C(=O)N[C@@H](Cc1c[nH]cn1)C(=O)N[C@@H](C(=O)N[C@@H](CCCNC(=N)N)C(=O)N[C@@H](Cc1c[nH]c2ccccc12)C(=O)NCC(=O)N[C@@H](CCCCN)C(=O)N1CCC[C@H]1C(=O)N[C@H](C(N)=O)C(C)C)[C@@H](C)c1ccccc1. The number of nitrogens with zero attached hydrogens (tertiary/aromatic N) is 2. The number of carboxylic acids is 1. The first-order valence-corrected chi connectivity index (χ1v) is 39.5. The number of carbonyl (C=O) groups excluding carboxylic acids is 14. The van der Waals surface area contributed by atoms with Gasteiger partial charge in [-0.05, 0) is 105 Å². The fourth-order valence-corrected chi connectivity index (χ4v) is 13.4. The molecule has 13 atom stereocenters. The Bertz CT molecular complexity index is 4280. The van der Waals surface area contributed by atoms with E-state index < -0.39 is 212 Å². The topological polar surface area (TPSA) is 643 Å². The third-order valence-corrected chi connectivity index (χ3v) is 19.9. The number of carbonyl (C=O) groups is 15. The molecule has 3 heterocycles. The molecule has 648 valence electrons. The Hall–Kier alpha value is -12.6. The van der Waals surface area contributed by atoms with Gasteiger partial charge in [0.25, 0.3) is 0 Å². The molecule has 0 spiro atoms. The minimum Gasteiger partial charge on any atom is -0.508 e. The van der Waals surface area contributed by atoms with Gasteiger partial charge in [0.2, 0.25) is 82.7 Å². The number of benzene rings is 3. The average Bonchev–Trinajstić information content (AvgIpc) is 1.74. The van der Waals surface area contributed by atoms with Crippen molar-refractivity contribution >= 4 is 106 Å². The van der Waals surface area contributed by atoms with E-state index in [0.29, 0.717) is 53.3 Å². The van der Waals surface area contributed by atoms with Gasteiger partial charge in [-0.2, -0.15) is 0 Å². The number of aromatic hydroxyl groups is 1. The van der Waals surface area contributed by atoms with Crippen molar-refractivity contribution in [2.75, 3.05) is 39.4 Å². The summed E-state index contributed by atoms with van der Waals surface area (Å²) in [4.78, 5) is 221. The first-order chi connectivity index (χ1) is 56.7. The van der Waals surface area contributed by atoms with E-state index >= 15 is 14.4 Å². The lowest BCUT2D eigenvalue weighted by atomic mass is 9.91. The molecule has 0 radical (unpaired) electrons. The molecule has 2 aromatic heterocycles. The molecule has 1 aliphatic rings. The number of imidazole rings is 1. The van der Waals surface area contributed by atoms with Crippen LogP contribution < -0.4 is 86.3 Å². The van der Waals surface area contributed by atoms with Gasteiger partial charge in [-0.1, -0.05) is 101 Å². The monoisotopic (exact) mass is 1660 g/mol. The van der Waals surface area contributed by atoms with Crippen molar-refractivity contribution in [3.8, 4) is 5.75 Å². The van der Waals surface area contributed by atoms with Gasteiger partial charge in [0.05, 0.1) is 31.8 Å². The normalized spacial score (nSPS) is 15.5. The highest BCUT2D eigenvalue weighted by Crippen LogP contribution is 2.25. The molecule has 40 nitrogen and oxygen atoms in total. The predicted octanol–water partition coefficient (Wildman–Crippen LogP) is -3.54. The Labute approximate surface area is 687 Å². The number of carboxylic acid groups (broad SMARTS) is 1. The zero-order valence-electron chi connectivity index (χ0n) is 67.2. The molecule has 14 amide bonds. The molecular formula is C79H113N21O19. The van der Waals surface area contributed by atoms with E-state index in [1.54, 1.807) is 88.5 Å². The number of para-hydroxylation sites is 1. The van der Waals surface area contributed by atoms with E-state index in [0.717, 1.165) is 6.92 Å². The molecule has 26 N–H and O–H groups in total. The first kappa shape index (κ1) is 95.3. The molecule has 0 saturated carbocycles. The Morgan fingerprint density at radius 1 is 0.571 bits per heavy atom. The Kier molecular flexibility index (Phi) is 38.6. The maximum absolute atomic E-state index is 15.4. The summed E-state index contributed by atoms with van der Waals surface area (Å²) in [6, 6.07) is 2.97. The number of aromatic nitrogens is 3. The molecule has 0 bridgehead atoms. The smallest absolute Gasteiger partial charge is 0.303 e. The number of aliphatic carboxylic acids is 1. The van der Waals surface area contributed by atoms with Crippen molar-refractivity contribution < 1.29 is 92.3 Å². The zero-order chi connectivity index (χ0) is 87.4. The van der Waals surface area contributed by atoms with Crippen molar-refractivity contribution in [3.63, 3.8) is 0 Å². The molecule has 40 heteroatoms. The van der Waals surface area contributed by atoms with E-state index in [9.17, 15) is 78.0 Å². The van der Waals surface area contributed by atoms with Crippen LogP contribution in [-0.4, -0.2) is 247 Å². The molecule has 6 rings (SSSR count). The third kappa shape index (κ3) is 30.4. The second kappa shape index (κ2) is 48.2. The van der Waals surface area contributed by atoms with E-state index in [4.69, 9.17) is 22.6 Å². The van der Waals surface area contributed by atoms with Crippen LogP contribution in [0.3, 0.4) is 0 Å². The number of phenols is 1. The summed E-state index contributed by atoms with van der Waals surface area (Å²) < 4.78 is 0. The molecule has 0 aliphatic carbocycles. The molecular weight excluding hydrogens is 1550 g/mol. The minimum absolute atomic E-state index is 0.00796. The van der Waals surface area contributed by atoms with Gasteiger partial charge in [0, 0.05) is 74.9 Å². The Morgan fingerprint density at radius 2 is 1.12 bits per heavy atom. The highest BCUT2D eigenvalue weighted by atomic mass is 16.4. The summed E-state index contributed by atoms with van der Waals surface area (Å²) in [6.45, 7) is 5.54. The number of fused-ring (bicyclic) bond motifs is 1. The molecule has 1 aliphatic heterocycles. The van der Waals surface area contributed by atoms with Crippen LogP contribution in [0.4, 0.5) is 0 Å². The van der Waals surface area contributed by atoms with Crippen molar-refractivity contribution in [1.82, 2.24) is 89.0 Å². The van der Waals surface area contributed by atoms with Crippen LogP contribution in [-0.2, 0) is 91.2 Å². The number of aromatic amines is 2. The highest BCUT2D eigenvalue weighted by molar-refractivity contribution is 6.01. The van der Waals surface area contributed by atoms with E-state index in [1.807, 2.05) is 0 Å². The molecule has 5 aromatic rings. The number of nitrogens with one attached hydrogen (secondary N) is 16. The zero-order valence-corrected chi connectivity index (χ0v) is 67.2. The second-order valence-corrected chi connectivity index (χ2v) is 29.4. The number of unbranched alkanes of at least 4 members (excludes halogenated alkanes) is 2. The number of hydrogen-bond donors (Lipinski definition) is 23. The number of rotatable bonds is 50. The van der Waals surface area contributed by atoms with Gasteiger partial charge < -0.3 is 122 Å². The van der Waals surface area contributed by atoms with Gasteiger partial charge in [-0.15, -0.1) is 0 Å². The van der Waals surface area contributed by atoms with Crippen LogP contribution in [0.2, 0.25) is 0 Å². The number of H-pyrrole nitrogens is 2. The Balaban J connectivity index is 1.27. The minimum atomic E-state index is -1.83. The number of hydrogen-bond acceptors (Lipinski definition) is 21. The lowest BCUT2D eigenvalue weighted by molar-refractivity contribution is -0.142. The summed E-state index contributed by atoms with van der Waals surface area (Å²) in [7, 11) is 0. The van der Waals surface area contributed by atoms with Gasteiger partial charge >= 0.3 is 5.97 Å². The van der Waals surface area contributed by atoms with Crippen LogP contribution in [0.15, 0.2) is 97.6 Å². The van der Waals surface area contributed by atoms with Crippen molar-refractivity contribution in [1.29, 1.82) is 5.41 Å². The number of phenolic OH excluding ortho intramolecular Hbond substituents is 1. The first-order valence-electron chi connectivity index (χ1n) is 39.5. The van der Waals surface area contributed by atoms with Crippen LogP contribution in [0.5, 0.6) is 5.75 Å². The number of primary amides is 1. The van der Waals surface area contributed by atoms with Gasteiger partial charge in [-0.3, -0.25) is 77.3 Å². The lowest BCUT2D eigenvalue weighted by Gasteiger charge is -2.30. The Morgan fingerprint density at radius 3 is 1.70 bits per heavy atom. The lowest BCUT2D eigenvalue weighted by Crippen LogP contribution is -2.61. The van der Waals surface area contributed by atoms with Crippen molar-refractivity contribution in [2.24, 2.45) is 23.1 Å². The van der Waals surface area contributed by atoms with Gasteiger partial charge in [-0.25, -0.2) is 4.98 Å². The summed E-state index contributed by atoms with van der Waals surface area (Å²) in [5, 5.41) is 82.1. The third-order valence-electron chi connectivity index (χ3n) is 19.9. The van der Waals surface area contributed by atoms with Crippen molar-refractivity contribution in [2.45, 2.75) is 209 Å². The number of likely N-dealkylation sites (tertiary alicyclic amines) is 1. The van der Waals surface area contributed by atoms with E-state index in [2.05, 4.69) is 84.1 Å². The maximum atomic E-state index is 15.4. The van der Waals surface area contributed by atoms with Crippen LogP contribution >= 0.6 is 0 Å². The fraction of sp³-hybridized carbons (Fsp3) is 0.506. The summed E-state index contributed by atoms with van der Waals surface area (Å²) in [6.07, 6.45) is 4.00. The molecule has 0 unspecified atom stereocenters. The maximum Gasteiger partial charge on any atom is 0.303 e. The number of aliphatic hydroxyl groups is 2. The standard InChI is InChI=1S/C79H113N21O19/c1-6-7-20-53(91-75(116)61(41-102)97-72(113)57(34-46-25-27-50(104)28-26-46)94-74(115)60(40-101)89-45(5)103)69(110)92-55(29-30-64(106)107)71(112)96-59(36-49-38-84-42-88-49)73(114)99-66(44(4)47-17-9-8-10-18-47)77(118)93-54(23-15-32-85-79(82)83)70(111)95-58(35-48-37-86-52-21-12-11-19-51(48)52)68(109)87-39-63(105)90-56(22-13-14-31-80)78(119)100-33-16-24-62(100)76(117)98-65(43(2)3)67(81)108/h8-12,17-19,21,25-28,37-38,42-44,53-62,65-66,86,101-102,104H,6-7,13-16,20,22-24,29-36,39-41,80H2,1-5H3,(H2,81,108)(H,84,88)(H,87,109)(H,89,103)(H,90,105)(H,91,116)(H,92,110)(H,93,118)(H,94,115)(H,95,111)(H,96,112)(H,97,113)(H,98,117)(H,99,114)(H,106,107)(H4,82,83,85)/t44-,53-,54-,55-,56-,57-,58-,59-,60-,61-,62-,65-,66+/m0/s1. The van der Waals surface area contributed by atoms with Gasteiger partial charge in [0.15, 0.2) is 5.96 Å². The summed E-state index contributed by atoms with van der Waals surface area (Å²) in [5.74, 6) is -16.1. The van der Waals surface area contributed by atoms with E-state index in [-0.39, 0.29) is 88.4 Å². The quantitative estimate of drug-likeness (QED) is 0.0102. The van der Waals surface area contributed by atoms with Crippen molar-refractivity contribution in [3.05, 3.63) is 120 Å². The number of guanidine groups is 1. The van der Waals surface area contributed by atoms with E-state index in [1.165, 1.54) is 41.7 Å². The van der Waals surface area contributed by atoms with Crippen LogP contribution in [0, 0.1) is 11.3 Å². The molecule has 119 heavy (non-hydrogen) atoms. The second-order valence-electron chi connectivity index (χ2n) is 29.4. The fourth-order valence-electron chi connectivity index (χ4n) is 13.4. The van der Waals surface area contributed by atoms with Crippen LogP contribution in [0.25, 0.3) is 10.9 Å². The average molecular weight is 1660 g/mol. The molecule has 1 fully saturated rings.